The Labute approximate surface area is 58.0 Å². The molecule has 3 heteroatoms. The van der Waals surface area contributed by atoms with Gasteiger partial charge in [-0.25, -0.2) is 0 Å². The lowest BCUT2D eigenvalue weighted by Gasteiger charge is -2.10. The van der Waals surface area contributed by atoms with Gasteiger partial charge in [0.15, 0.2) is 0 Å². The summed E-state index contributed by atoms with van der Waals surface area (Å²) in [5.41, 5.74) is 1.10. The molecule has 1 N–H and O–H groups in total. The van der Waals surface area contributed by atoms with Crippen LogP contribution in [0.4, 0.5) is 0 Å². The standard InChI is InChI=1S/C6H11NOS/c1-7(2)6-3-4-9(8)5-6/h3-5,8-9H,1-2H3. The van der Waals surface area contributed by atoms with Gasteiger partial charge in [0.05, 0.1) is 0 Å². The van der Waals surface area contributed by atoms with Gasteiger partial charge in [0.2, 0.25) is 0 Å². The van der Waals surface area contributed by atoms with Crippen LogP contribution in [0.25, 0.3) is 0 Å². The monoisotopic (exact) mass is 145 g/mol. The van der Waals surface area contributed by atoms with Crippen LogP contribution in [-0.2, 0) is 0 Å². The van der Waals surface area contributed by atoms with E-state index < -0.39 is 11.2 Å². The smallest absolute Gasteiger partial charge is 0.0436 e. The molecule has 0 radical (unpaired) electrons. The van der Waals surface area contributed by atoms with Crippen molar-refractivity contribution in [2.24, 2.45) is 0 Å². The van der Waals surface area contributed by atoms with Crippen LogP contribution in [0.3, 0.4) is 0 Å². The molecule has 2 nitrogen and oxygen atoms in total. The Morgan fingerprint density at radius 1 is 1.56 bits per heavy atom. The van der Waals surface area contributed by atoms with Gasteiger partial charge >= 0.3 is 0 Å². The molecule has 1 aliphatic heterocycles. The molecule has 0 aromatic carbocycles. The lowest BCUT2D eigenvalue weighted by molar-refractivity contribution is 0.532. The van der Waals surface area contributed by atoms with E-state index in [4.69, 9.17) is 4.55 Å². The fourth-order valence-electron chi connectivity index (χ4n) is 0.639. The van der Waals surface area contributed by atoms with Crippen molar-refractivity contribution in [2.75, 3.05) is 14.1 Å². The molecule has 1 heterocycles. The third-order valence-corrected chi connectivity index (χ3v) is 2.16. The average Bonchev–Trinajstić information content (AvgIpc) is 2.14. The Morgan fingerprint density at radius 2 is 2.22 bits per heavy atom. The Balaban J connectivity index is 2.64. The van der Waals surface area contributed by atoms with Crippen molar-refractivity contribution in [1.29, 1.82) is 0 Å². The van der Waals surface area contributed by atoms with Crippen LogP contribution in [0.1, 0.15) is 0 Å². The zero-order valence-corrected chi connectivity index (χ0v) is 6.47. The Hall–Kier alpha value is -0.410. The summed E-state index contributed by atoms with van der Waals surface area (Å²) in [6, 6.07) is 0. The molecular weight excluding hydrogens is 134 g/mol. The van der Waals surface area contributed by atoms with Crippen molar-refractivity contribution in [3.8, 4) is 0 Å². The third kappa shape index (κ3) is 1.50. The van der Waals surface area contributed by atoms with Crippen molar-refractivity contribution in [1.82, 2.24) is 4.90 Å². The minimum Gasteiger partial charge on any atom is -0.377 e. The van der Waals surface area contributed by atoms with Crippen LogP contribution < -0.4 is 0 Å². The Kier molecular flexibility index (Phi) is 1.83. The predicted octanol–water partition coefficient (Wildman–Crippen LogP) is 1.39. The number of nitrogens with zero attached hydrogens (tertiary/aromatic N) is 1. The third-order valence-electron chi connectivity index (χ3n) is 1.18. The average molecular weight is 145 g/mol. The van der Waals surface area contributed by atoms with Gasteiger partial charge in [-0.05, 0) is 11.5 Å². The van der Waals surface area contributed by atoms with Gasteiger partial charge in [-0.3, -0.25) is 0 Å². The van der Waals surface area contributed by atoms with Crippen molar-refractivity contribution >= 4 is 11.2 Å². The van der Waals surface area contributed by atoms with Crippen molar-refractivity contribution in [2.45, 2.75) is 0 Å². The first-order valence-electron chi connectivity index (χ1n) is 2.75. The number of hydrogen-bond donors (Lipinski definition) is 2. The Bertz CT molecular complexity index is 162. The van der Waals surface area contributed by atoms with E-state index in [1.54, 1.807) is 0 Å². The summed E-state index contributed by atoms with van der Waals surface area (Å²) < 4.78 is 9.02. The van der Waals surface area contributed by atoms with Gasteiger partial charge in [0.25, 0.3) is 0 Å². The molecule has 0 saturated carbocycles. The van der Waals surface area contributed by atoms with E-state index in [0.29, 0.717) is 0 Å². The summed E-state index contributed by atoms with van der Waals surface area (Å²) in [5, 5.41) is 3.69. The zero-order chi connectivity index (χ0) is 6.85. The van der Waals surface area contributed by atoms with Crippen molar-refractivity contribution in [3.05, 3.63) is 22.6 Å². The Morgan fingerprint density at radius 3 is 2.44 bits per heavy atom. The summed E-state index contributed by atoms with van der Waals surface area (Å²) in [5.74, 6) is 0. The maximum atomic E-state index is 9.02. The molecule has 52 valence electrons. The fraction of sp³-hybridized carbons (Fsp3) is 0.333. The molecule has 0 bridgehead atoms. The van der Waals surface area contributed by atoms with E-state index in [2.05, 4.69) is 0 Å². The zero-order valence-electron chi connectivity index (χ0n) is 5.57. The first-order chi connectivity index (χ1) is 4.20. The minimum absolute atomic E-state index is 0.921. The van der Waals surface area contributed by atoms with Gasteiger partial charge in [0, 0.05) is 25.2 Å². The molecule has 0 aliphatic carbocycles. The molecule has 0 fully saturated rings. The summed E-state index contributed by atoms with van der Waals surface area (Å²) in [6.45, 7) is 0. The van der Waals surface area contributed by atoms with Crippen LogP contribution in [0.2, 0.25) is 0 Å². The predicted molar refractivity (Wildman–Crippen MR) is 42.5 cm³/mol. The minimum atomic E-state index is -0.921. The first-order valence-corrected chi connectivity index (χ1v) is 4.18. The van der Waals surface area contributed by atoms with Crippen LogP contribution in [-0.4, -0.2) is 23.5 Å². The van der Waals surface area contributed by atoms with E-state index in [0.717, 1.165) is 5.70 Å². The second-order valence-corrected chi connectivity index (χ2v) is 3.46. The number of allylic oxidation sites excluding steroid dienone is 1. The molecule has 9 heavy (non-hydrogen) atoms. The number of hydrogen-bond acceptors (Lipinski definition) is 2. The second kappa shape index (κ2) is 2.45. The molecule has 0 saturated heterocycles. The lowest BCUT2D eigenvalue weighted by Crippen LogP contribution is -2.07. The highest BCUT2D eigenvalue weighted by molar-refractivity contribution is 8.17. The van der Waals surface area contributed by atoms with Crippen LogP contribution in [0.5, 0.6) is 0 Å². The van der Waals surface area contributed by atoms with E-state index in [-0.39, 0.29) is 0 Å². The largest absolute Gasteiger partial charge is 0.377 e. The highest BCUT2D eigenvalue weighted by atomic mass is 32.2. The molecule has 0 amide bonds. The van der Waals surface area contributed by atoms with Gasteiger partial charge in [0.1, 0.15) is 0 Å². The molecule has 0 aromatic rings. The van der Waals surface area contributed by atoms with Crippen LogP contribution >= 0.6 is 11.2 Å². The van der Waals surface area contributed by atoms with Crippen LogP contribution in [0, 0.1) is 0 Å². The highest BCUT2D eigenvalue weighted by Crippen LogP contribution is 2.31. The molecule has 0 aromatic heterocycles. The number of thiol groups is 1. The van der Waals surface area contributed by atoms with Gasteiger partial charge < -0.3 is 9.45 Å². The molecule has 1 atom stereocenters. The molecular formula is C6H11NOS. The van der Waals surface area contributed by atoms with Crippen molar-refractivity contribution in [3.63, 3.8) is 0 Å². The number of rotatable bonds is 1. The highest BCUT2D eigenvalue weighted by Gasteiger charge is 2.02. The van der Waals surface area contributed by atoms with Gasteiger partial charge in [-0.1, -0.05) is 0 Å². The molecule has 1 unspecified atom stereocenters. The van der Waals surface area contributed by atoms with Crippen molar-refractivity contribution < 1.29 is 4.55 Å². The van der Waals surface area contributed by atoms with Gasteiger partial charge in [-0.15, -0.1) is 11.2 Å². The lowest BCUT2D eigenvalue weighted by atomic mass is 10.4. The summed E-state index contributed by atoms with van der Waals surface area (Å²) in [4.78, 5) is 1.98. The fourth-order valence-corrected chi connectivity index (χ4v) is 1.62. The summed E-state index contributed by atoms with van der Waals surface area (Å²) in [6.07, 6.45) is 1.94. The van der Waals surface area contributed by atoms with Gasteiger partial charge in [-0.2, -0.15) is 0 Å². The molecule has 1 rings (SSSR count). The second-order valence-electron chi connectivity index (χ2n) is 2.14. The normalized spacial score (nSPS) is 28.3. The van der Waals surface area contributed by atoms with E-state index in [1.165, 1.54) is 0 Å². The maximum Gasteiger partial charge on any atom is 0.0436 e. The molecule has 0 spiro atoms. The summed E-state index contributed by atoms with van der Waals surface area (Å²) in [7, 11) is 3.93. The SMILES string of the molecule is CN(C)C1=C[SH](O)C=C1. The topological polar surface area (TPSA) is 23.5 Å². The maximum absolute atomic E-state index is 9.02. The summed E-state index contributed by atoms with van der Waals surface area (Å²) >= 11 is -0.921. The van der Waals surface area contributed by atoms with E-state index in [9.17, 15) is 0 Å². The quantitative estimate of drug-likeness (QED) is 0.545. The van der Waals surface area contributed by atoms with Crippen LogP contribution in [0.15, 0.2) is 22.6 Å². The molecule has 1 aliphatic rings. The number of likely N-dealkylation sites (N-methyl/N-ethyl adjacent to an activating group) is 1. The van der Waals surface area contributed by atoms with E-state index in [1.807, 2.05) is 35.9 Å². The van der Waals surface area contributed by atoms with E-state index >= 15 is 0 Å². The first kappa shape index (κ1) is 6.71.